The molecule has 2 N–H and O–H groups in total. The summed E-state index contributed by atoms with van der Waals surface area (Å²) in [5, 5.41) is 0.600. The van der Waals surface area contributed by atoms with Crippen LogP contribution in [0.25, 0.3) is 10.2 Å². The third-order valence-electron chi connectivity index (χ3n) is 3.29. The highest BCUT2D eigenvalue weighted by atomic mass is 32.1. The first-order valence-corrected chi connectivity index (χ1v) is 7.65. The van der Waals surface area contributed by atoms with Crippen molar-refractivity contribution in [1.29, 1.82) is 0 Å². The Morgan fingerprint density at radius 2 is 2.08 bits per heavy atom. The van der Waals surface area contributed by atoms with E-state index in [1.807, 2.05) is 12.1 Å². The molecule has 0 unspecified atom stereocenters. The molecule has 0 radical (unpaired) electrons. The van der Waals surface area contributed by atoms with Gasteiger partial charge in [-0.3, -0.25) is 4.79 Å². The summed E-state index contributed by atoms with van der Waals surface area (Å²) in [7, 11) is 1.56. The molecule has 24 heavy (non-hydrogen) atoms. The van der Waals surface area contributed by atoms with Gasteiger partial charge >= 0.3 is 0 Å². The molecule has 1 aromatic heterocycles. The van der Waals surface area contributed by atoms with E-state index in [0.29, 0.717) is 10.8 Å². The van der Waals surface area contributed by atoms with Crippen LogP contribution in [0.1, 0.15) is 15.4 Å². The number of methoxy groups -OCH3 is 1. The summed E-state index contributed by atoms with van der Waals surface area (Å²) in [6.07, 6.45) is 0. The predicted molar refractivity (Wildman–Crippen MR) is 85.4 cm³/mol. The first kappa shape index (κ1) is 16.1. The number of halogens is 2. The second-order valence-corrected chi connectivity index (χ2v) is 5.94. The molecule has 2 aromatic carbocycles. The lowest BCUT2D eigenvalue weighted by Gasteiger charge is -2.08. The van der Waals surface area contributed by atoms with Gasteiger partial charge in [0.15, 0.2) is 11.6 Å². The maximum atomic E-state index is 14.1. The Morgan fingerprint density at radius 1 is 1.29 bits per heavy atom. The Morgan fingerprint density at radius 3 is 2.79 bits per heavy atom. The molecule has 0 saturated heterocycles. The first-order chi connectivity index (χ1) is 11.5. The van der Waals surface area contributed by atoms with Gasteiger partial charge in [-0.1, -0.05) is 0 Å². The molecule has 0 fully saturated rings. The number of benzene rings is 2. The second-order valence-electron chi connectivity index (χ2n) is 4.83. The third-order valence-corrected chi connectivity index (χ3v) is 4.30. The van der Waals surface area contributed by atoms with Gasteiger partial charge < -0.3 is 15.2 Å². The molecule has 0 bridgehead atoms. The fourth-order valence-corrected chi connectivity index (χ4v) is 3.01. The average Bonchev–Trinajstić information content (AvgIpc) is 2.95. The van der Waals surface area contributed by atoms with Crippen LogP contribution < -0.4 is 15.2 Å². The zero-order chi connectivity index (χ0) is 17.3. The Kier molecular flexibility index (Phi) is 4.30. The highest BCUT2D eigenvalue weighted by Crippen LogP contribution is 2.28. The second kappa shape index (κ2) is 6.40. The number of amides is 1. The number of hydrogen-bond donors (Lipinski definition) is 1. The smallest absolute Gasteiger partial charge is 0.254 e. The van der Waals surface area contributed by atoms with Crippen LogP contribution in [0.4, 0.5) is 8.78 Å². The number of aromatic nitrogens is 1. The summed E-state index contributed by atoms with van der Waals surface area (Å²) in [5.41, 5.74) is 4.89. The minimum absolute atomic E-state index is 0.0254. The summed E-state index contributed by atoms with van der Waals surface area (Å²) >= 11 is 1.38. The van der Waals surface area contributed by atoms with Crippen LogP contribution in [0.3, 0.4) is 0 Å². The van der Waals surface area contributed by atoms with E-state index in [4.69, 9.17) is 15.2 Å². The molecule has 0 aliphatic carbocycles. The van der Waals surface area contributed by atoms with Gasteiger partial charge in [-0.05, 0) is 24.3 Å². The molecule has 1 amide bonds. The molecule has 3 aromatic rings. The van der Waals surface area contributed by atoms with Crippen molar-refractivity contribution in [2.45, 2.75) is 6.61 Å². The van der Waals surface area contributed by atoms with Gasteiger partial charge in [-0.2, -0.15) is 0 Å². The fourth-order valence-electron chi connectivity index (χ4n) is 2.15. The van der Waals surface area contributed by atoms with Gasteiger partial charge in [0.25, 0.3) is 5.91 Å². The van der Waals surface area contributed by atoms with Gasteiger partial charge in [0.2, 0.25) is 0 Å². The van der Waals surface area contributed by atoms with Crippen molar-refractivity contribution in [2.24, 2.45) is 5.73 Å². The summed E-state index contributed by atoms with van der Waals surface area (Å²) in [5.74, 6) is -2.93. The molecular formula is C16H12F2N2O3S. The molecule has 124 valence electrons. The number of hydrogen-bond acceptors (Lipinski definition) is 5. The molecule has 8 heteroatoms. The zero-order valence-corrected chi connectivity index (χ0v) is 13.3. The van der Waals surface area contributed by atoms with E-state index in [9.17, 15) is 13.6 Å². The zero-order valence-electron chi connectivity index (χ0n) is 12.5. The monoisotopic (exact) mass is 350 g/mol. The van der Waals surface area contributed by atoms with E-state index < -0.39 is 23.1 Å². The SMILES string of the molecule is COc1ccc2sc(COc3ccc(F)c(C(N)=O)c3F)nc2c1. The lowest BCUT2D eigenvalue weighted by atomic mass is 10.2. The van der Waals surface area contributed by atoms with Crippen LogP contribution in [0.5, 0.6) is 11.5 Å². The van der Waals surface area contributed by atoms with Gasteiger partial charge in [-0.15, -0.1) is 11.3 Å². The van der Waals surface area contributed by atoms with Crippen molar-refractivity contribution in [3.63, 3.8) is 0 Å². The molecule has 0 aliphatic rings. The third kappa shape index (κ3) is 3.00. The average molecular weight is 350 g/mol. The van der Waals surface area contributed by atoms with Crippen molar-refractivity contribution in [1.82, 2.24) is 4.98 Å². The van der Waals surface area contributed by atoms with Crippen molar-refractivity contribution in [2.75, 3.05) is 7.11 Å². The Bertz CT molecular complexity index is 927. The highest BCUT2D eigenvalue weighted by molar-refractivity contribution is 7.18. The highest BCUT2D eigenvalue weighted by Gasteiger charge is 2.19. The van der Waals surface area contributed by atoms with Gasteiger partial charge in [-0.25, -0.2) is 13.8 Å². The number of rotatable bonds is 5. The van der Waals surface area contributed by atoms with E-state index in [0.717, 1.165) is 22.3 Å². The largest absolute Gasteiger partial charge is 0.497 e. The van der Waals surface area contributed by atoms with E-state index in [-0.39, 0.29) is 12.4 Å². The Balaban J connectivity index is 1.83. The molecule has 5 nitrogen and oxygen atoms in total. The van der Waals surface area contributed by atoms with E-state index >= 15 is 0 Å². The van der Waals surface area contributed by atoms with Crippen LogP contribution in [0.15, 0.2) is 30.3 Å². The van der Waals surface area contributed by atoms with E-state index in [1.54, 1.807) is 13.2 Å². The number of fused-ring (bicyclic) bond motifs is 1. The first-order valence-electron chi connectivity index (χ1n) is 6.83. The molecule has 0 atom stereocenters. The molecular weight excluding hydrogens is 338 g/mol. The standard InChI is InChI=1S/C16H12F2N2O3S/c1-22-8-2-5-12-10(6-8)20-13(24-12)7-23-11-4-3-9(17)14(15(11)18)16(19)21/h2-6H,7H2,1H3,(H2,19,21). The normalized spacial score (nSPS) is 10.8. The van der Waals surface area contributed by atoms with Crippen LogP contribution in [-0.4, -0.2) is 18.0 Å². The van der Waals surface area contributed by atoms with Gasteiger partial charge in [0.1, 0.15) is 28.7 Å². The molecule has 0 saturated carbocycles. The van der Waals surface area contributed by atoms with Crippen LogP contribution >= 0.6 is 11.3 Å². The predicted octanol–water partition coefficient (Wildman–Crippen LogP) is 3.26. The van der Waals surface area contributed by atoms with Crippen LogP contribution in [0.2, 0.25) is 0 Å². The lowest BCUT2D eigenvalue weighted by molar-refractivity contribution is 0.0991. The summed E-state index contributed by atoms with van der Waals surface area (Å²) in [4.78, 5) is 15.5. The van der Waals surface area contributed by atoms with Crippen molar-refractivity contribution < 1.29 is 23.0 Å². The van der Waals surface area contributed by atoms with Crippen molar-refractivity contribution >= 4 is 27.5 Å². The number of carbonyl (C=O) groups excluding carboxylic acids is 1. The Hall–Kier alpha value is -2.74. The summed E-state index contributed by atoms with van der Waals surface area (Å²) in [6, 6.07) is 7.48. The summed E-state index contributed by atoms with van der Waals surface area (Å²) in [6.45, 7) is -0.0254. The molecule has 3 rings (SSSR count). The van der Waals surface area contributed by atoms with E-state index in [1.165, 1.54) is 11.3 Å². The Labute approximate surface area is 139 Å². The van der Waals surface area contributed by atoms with E-state index in [2.05, 4.69) is 4.98 Å². The van der Waals surface area contributed by atoms with Gasteiger partial charge in [0.05, 0.1) is 17.3 Å². The van der Waals surface area contributed by atoms with Crippen molar-refractivity contribution in [3.05, 3.63) is 52.5 Å². The number of thiazole rings is 1. The fraction of sp³-hybridized carbons (Fsp3) is 0.125. The quantitative estimate of drug-likeness (QED) is 0.766. The number of primary amides is 1. The molecule has 0 aliphatic heterocycles. The van der Waals surface area contributed by atoms with Gasteiger partial charge in [0, 0.05) is 6.07 Å². The van der Waals surface area contributed by atoms with Crippen molar-refractivity contribution in [3.8, 4) is 11.5 Å². The topological polar surface area (TPSA) is 74.4 Å². The number of nitrogens with two attached hydrogens (primary N) is 1. The number of ether oxygens (including phenoxy) is 2. The summed E-state index contributed by atoms with van der Waals surface area (Å²) < 4.78 is 38.9. The van der Waals surface area contributed by atoms with Crippen LogP contribution in [-0.2, 0) is 6.61 Å². The number of nitrogens with zero attached hydrogens (tertiary/aromatic N) is 1. The van der Waals surface area contributed by atoms with Crippen LogP contribution in [0, 0.1) is 11.6 Å². The lowest BCUT2D eigenvalue weighted by Crippen LogP contribution is -2.16. The molecule has 1 heterocycles. The minimum atomic E-state index is -1.19. The number of carbonyl (C=O) groups is 1. The maximum absolute atomic E-state index is 14.1. The minimum Gasteiger partial charge on any atom is -0.497 e. The molecule has 0 spiro atoms. The maximum Gasteiger partial charge on any atom is 0.254 e.